The molecule has 0 saturated carbocycles. The molecule has 1 unspecified atom stereocenters. The third kappa shape index (κ3) is 13.4. The Morgan fingerprint density at radius 1 is 1.47 bits per heavy atom. The lowest BCUT2D eigenvalue weighted by Gasteiger charge is -2.28. The van der Waals surface area contributed by atoms with Crippen LogP contribution in [0.15, 0.2) is 12.2 Å². The van der Waals surface area contributed by atoms with Gasteiger partial charge in [-0.25, -0.2) is 0 Å². The minimum Gasteiger partial charge on any atom is -1.00 e. The number of rotatable bonds is 3. The third-order valence-electron chi connectivity index (χ3n) is 1.61. The Balaban J connectivity index is -0.000000187. The predicted octanol–water partition coefficient (Wildman–Crippen LogP) is -3.26. The van der Waals surface area contributed by atoms with Crippen molar-refractivity contribution in [2.24, 2.45) is 0 Å². The van der Waals surface area contributed by atoms with E-state index >= 15 is 0 Å². The summed E-state index contributed by atoms with van der Waals surface area (Å²) in [6, 6.07) is 0. The molecule has 0 aromatic carbocycles. The van der Waals surface area contributed by atoms with E-state index < -0.39 is 5.97 Å². The number of aliphatic hydroxyl groups is 1. The molecule has 0 fully saturated rings. The first-order valence-electron chi connectivity index (χ1n) is 4.49. The number of carboxylic acid groups (broad SMARTS) is 1. The SMILES string of the molecule is C=C(C)C(=O)[O-].CCC(O)[N+](C)(C)C.[Cl-]. The first kappa shape index (κ1) is 19.9. The number of aliphatic hydroxyl groups excluding tert-OH is 1. The summed E-state index contributed by atoms with van der Waals surface area (Å²) in [5.74, 6) is -1.19. The largest absolute Gasteiger partial charge is 1.00 e. The predicted molar refractivity (Wildman–Crippen MR) is 54.2 cm³/mol. The van der Waals surface area contributed by atoms with Crippen molar-refractivity contribution in [3.63, 3.8) is 0 Å². The summed E-state index contributed by atoms with van der Waals surface area (Å²) in [6.07, 6.45) is 0.610. The number of carbonyl (C=O) groups is 1. The summed E-state index contributed by atoms with van der Waals surface area (Å²) in [4.78, 5) is 9.49. The van der Waals surface area contributed by atoms with Crippen LogP contribution in [0.4, 0.5) is 0 Å². The number of halogens is 1. The van der Waals surface area contributed by atoms with Gasteiger partial charge in [-0.15, -0.1) is 0 Å². The van der Waals surface area contributed by atoms with Crippen LogP contribution in [0.2, 0.25) is 0 Å². The Kier molecular flexibility index (Phi) is 11.6. The molecule has 0 bridgehead atoms. The van der Waals surface area contributed by atoms with Gasteiger partial charge < -0.3 is 31.9 Å². The van der Waals surface area contributed by atoms with Gasteiger partial charge in [0.25, 0.3) is 0 Å². The minimum atomic E-state index is -1.19. The zero-order valence-corrected chi connectivity index (χ0v) is 10.8. The molecule has 0 aromatic heterocycles. The molecule has 92 valence electrons. The summed E-state index contributed by atoms with van der Waals surface area (Å²) in [6.45, 7) is 6.46. The summed E-state index contributed by atoms with van der Waals surface area (Å²) < 4.78 is 0.635. The van der Waals surface area contributed by atoms with Crippen molar-refractivity contribution in [2.75, 3.05) is 21.1 Å². The van der Waals surface area contributed by atoms with Crippen LogP contribution in [-0.2, 0) is 4.79 Å². The first-order valence-corrected chi connectivity index (χ1v) is 4.49. The number of carbonyl (C=O) groups excluding carboxylic acids is 1. The fourth-order valence-corrected chi connectivity index (χ4v) is 0.548. The Labute approximate surface area is 98.2 Å². The maximum atomic E-state index is 9.49. The summed E-state index contributed by atoms with van der Waals surface area (Å²) in [5.41, 5.74) is 0.0648. The Bertz CT molecular complexity index is 187. The number of hydrogen-bond acceptors (Lipinski definition) is 3. The molecule has 5 heteroatoms. The lowest BCUT2D eigenvalue weighted by Crippen LogP contribution is -3.00. The highest BCUT2D eigenvalue weighted by atomic mass is 35.5. The second-order valence-corrected chi connectivity index (χ2v) is 4.07. The quantitative estimate of drug-likeness (QED) is 0.319. The van der Waals surface area contributed by atoms with E-state index in [0.717, 1.165) is 6.42 Å². The van der Waals surface area contributed by atoms with Crippen LogP contribution in [0.3, 0.4) is 0 Å². The van der Waals surface area contributed by atoms with Crippen molar-refractivity contribution in [2.45, 2.75) is 26.5 Å². The molecular formula is C10H21ClNO3-. The normalized spacial score (nSPS) is 11.6. The standard InChI is InChI=1S/C6H16NO.C4H6O2.ClH/c1-5-6(8)7(2,3)4;1-3(2)4(5)6;/h6,8H,5H2,1-4H3;1H2,2H3,(H,5,6);1H/q+1;;/p-2. The van der Waals surface area contributed by atoms with Crippen LogP contribution < -0.4 is 17.5 Å². The Morgan fingerprint density at radius 2 is 1.73 bits per heavy atom. The molecule has 0 rings (SSSR count). The highest BCUT2D eigenvalue weighted by Gasteiger charge is 2.16. The summed E-state index contributed by atoms with van der Waals surface area (Å²) in [7, 11) is 5.94. The highest BCUT2D eigenvalue weighted by molar-refractivity contribution is 5.82. The lowest BCUT2D eigenvalue weighted by atomic mass is 10.4. The molecule has 0 aromatic rings. The van der Waals surface area contributed by atoms with E-state index in [1.54, 1.807) is 0 Å². The van der Waals surface area contributed by atoms with E-state index in [2.05, 4.69) is 6.58 Å². The van der Waals surface area contributed by atoms with Gasteiger partial charge in [0.1, 0.15) is 0 Å². The van der Waals surface area contributed by atoms with E-state index in [0.29, 0.717) is 4.48 Å². The molecule has 0 amide bonds. The average Bonchev–Trinajstić information content (AvgIpc) is 2.02. The molecule has 1 atom stereocenters. The Morgan fingerprint density at radius 3 is 1.73 bits per heavy atom. The number of carboxylic acids is 1. The number of quaternary nitrogens is 1. The van der Waals surface area contributed by atoms with E-state index in [4.69, 9.17) is 5.11 Å². The molecule has 15 heavy (non-hydrogen) atoms. The van der Waals surface area contributed by atoms with Crippen LogP contribution in [0.5, 0.6) is 0 Å². The van der Waals surface area contributed by atoms with E-state index in [9.17, 15) is 9.90 Å². The van der Waals surface area contributed by atoms with Gasteiger partial charge >= 0.3 is 0 Å². The number of aliphatic carboxylic acids is 1. The Hall–Kier alpha value is -0.580. The van der Waals surface area contributed by atoms with E-state index in [-0.39, 0.29) is 24.2 Å². The topological polar surface area (TPSA) is 60.4 Å². The fourth-order valence-electron chi connectivity index (χ4n) is 0.548. The van der Waals surface area contributed by atoms with Crippen molar-refractivity contribution < 1.29 is 31.9 Å². The van der Waals surface area contributed by atoms with Crippen LogP contribution in [0.1, 0.15) is 20.3 Å². The molecule has 0 saturated heterocycles. The van der Waals surface area contributed by atoms with Crippen molar-refractivity contribution in [1.82, 2.24) is 0 Å². The molecule has 1 N–H and O–H groups in total. The minimum absolute atomic E-state index is 0. The van der Waals surface area contributed by atoms with E-state index in [1.807, 2.05) is 28.1 Å². The van der Waals surface area contributed by atoms with E-state index in [1.165, 1.54) is 6.92 Å². The van der Waals surface area contributed by atoms with Crippen molar-refractivity contribution in [1.29, 1.82) is 0 Å². The van der Waals surface area contributed by atoms with Crippen LogP contribution in [0, 0.1) is 0 Å². The van der Waals surface area contributed by atoms with Crippen molar-refractivity contribution in [3.05, 3.63) is 12.2 Å². The van der Waals surface area contributed by atoms with Gasteiger partial charge in [-0.05, 0) is 12.5 Å². The highest BCUT2D eigenvalue weighted by Crippen LogP contribution is 2.01. The monoisotopic (exact) mass is 238 g/mol. The average molecular weight is 239 g/mol. The molecule has 0 aliphatic carbocycles. The first-order chi connectivity index (χ1) is 6.12. The fraction of sp³-hybridized carbons (Fsp3) is 0.700. The van der Waals surface area contributed by atoms with Gasteiger partial charge in [0.2, 0.25) is 0 Å². The molecule has 0 radical (unpaired) electrons. The van der Waals surface area contributed by atoms with Crippen LogP contribution in [0.25, 0.3) is 0 Å². The molecule has 4 nitrogen and oxygen atoms in total. The van der Waals surface area contributed by atoms with Gasteiger partial charge in [0.15, 0.2) is 6.23 Å². The van der Waals surface area contributed by atoms with Crippen molar-refractivity contribution >= 4 is 5.97 Å². The molecule has 0 aliphatic rings. The molecule has 0 spiro atoms. The maximum Gasteiger partial charge on any atom is 0.189 e. The zero-order valence-electron chi connectivity index (χ0n) is 10.1. The zero-order chi connectivity index (χ0) is 11.9. The molecule has 0 heterocycles. The lowest BCUT2D eigenvalue weighted by molar-refractivity contribution is -0.918. The smallest absolute Gasteiger partial charge is 0.189 e. The second-order valence-electron chi connectivity index (χ2n) is 4.07. The summed E-state index contributed by atoms with van der Waals surface area (Å²) >= 11 is 0. The van der Waals surface area contributed by atoms with Gasteiger partial charge in [-0.2, -0.15) is 0 Å². The molecule has 0 aliphatic heterocycles. The van der Waals surface area contributed by atoms with Gasteiger partial charge in [0, 0.05) is 6.42 Å². The van der Waals surface area contributed by atoms with Crippen LogP contribution in [-0.4, -0.2) is 42.9 Å². The van der Waals surface area contributed by atoms with Gasteiger partial charge in [-0.3, -0.25) is 0 Å². The van der Waals surface area contributed by atoms with Crippen LogP contribution >= 0.6 is 0 Å². The number of hydrogen-bond donors (Lipinski definition) is 1. The molecular weight excluding hydrogens is 218 g/mol. The maximum absolute atomic E-state index is 9.49. The van der Waals surface area contributed by atoms with Crippen molar-refractivity contribution in [3.8, 4) is 0 Å². The third-order valence-corrected chi connectivity index (χ3v) is 1.61. The van der Waals surface area contributed by atoms with Gasteiger partial charge in [0.05, 0.1) is 27.1 Å². The second kappa shape index (κ2) is 8.71. The number of nitrogens with zero attached hydrogens (tertiary/aromatic N) is 1. The van der Waals surface area contributed by atoms with Gasteiger partial charge in [-0.1, -0.05) is 13.5 Å². The summed E-state index contributed by atoms with van der Waals surface area (Å²) in [5, 5.41) is 18.7.